The van der Waals surface area contributed by atoms with Gasteiger partial charge < -0.3 is 4.90 Å². The van der Waals surface area contributed by atoms with Crippen LogP contribution in [0.25, 0.3) is 5.57 Å². The van der Waals surface area contributed by atoms with E-state index in [4.69, 9.17) is 11.6 Å². The van der Waals surface area contributed by atoms with Crippen molar-refractivity contribution in [2.45, 2.75) is 33.4 Å². The molecule has 0 saturated carbocycles. The van der Waals surface area contributed by atoms with Crippen LogP contribution < -0.4 is 0 Å². The SMILES string of the molecule is Cc1ccc(C2=C(N3CCc4ccccc4C3)C(=O)N(Cc3ccccc3Cl)C2=O)cc1C. The summed E-state index contributed by atoms with van der Waals surface area (Å²) in [6.45, 7) is 5.53. The van der Waals surface area contributed by atoms with Crippen LogP contribution in [0.1, 0.15) is 33.4 Å². The van der Waals surface area contributed by atoms with Crippen LogP contribution in [0.3, 0.4) is 0 Å². The number of hydrogen-bond acceptors (Lipinski definition) is 3. The van der Waals surface area contributed by atoms with E-state index in [1.165, 1.54) is 16.0 Å². The molecule has 2 aliphatic heterocycles. The molecule has 0 unspecified atom stereocenters. The van der Waals surface area contributed by atoms with Crippen LogP contribution >= 0.6 is 11.6 Å². The van der Waals surface area contributed by atoms with Gasteiger partial charge in [-0.1, -0.05) is 72.3 Å². The number of rotatable bonds is 4. The van der Waals surface area contributed by atoms with Crippen LogP contribution in [-0.4, -0.2) is 28.2 Å². The zero-order chi connectivity index (χ0) is 23.1. The van der Waals surface area contributed by atoms with Gasteiger partial charge in [-0.2, -0.15) is 0 Å². The number of nitrogens with zero attached hydrogens (tertiary/aromatic N) is 2. The molecule has 5 heteroatoms. The van der Waals surface area contributed by atoms with Gasteiger partial charge in [-0.15, -0.1) is 0 Å². The van der Waals surface area contributed by atoms with Gasteiger partial charge in [0.2, 0.25) is 0 Å². The second-order valence-corrected chi connectivity index (χ2v) is 9.16. The second-order valence-electron chi connectivity index (χ2n) is 8.75. The molecule has 0 saturated heterocycles. The van der Waals surface area contributed by atoms with Crippen molar-refractivity contribution in [2.24, 2.45) is 0 Å². The molecule has 33 heavy (non-hydrogen) atoms. The average Bonchev–Trinajstić information content (AvgIpc) is 3.06. The summed E-state index contributed by atoms with van der Waals surface area (Å²) in [5.74, 6) is -0.524. The third-order valence-electron chi connectivity index (χ3n) is 6.67. The quantitative estimate of drug-likeness (QED) is 0.500. The van der Waals surface area contributed by atoms with Crippen LogP contribution in [0.15, 0.2) is 72.4 Å². The Morgan fingerprint density at radius 2 is 1.58 bits per heavy atom. The van der Waals surface area contributed by atoms with Crippen LogP contribution in [-0.2, 0) is 29.1 Å². The van der Waals surface area contributed by atoms with E-state index in [1.807, 2.05) is 62.4 Å². The number of fused-ring (bicyclic) bond motifs is 1. The summed E-state index contributed by atoms with van der Waals surface area (Å²) in [6, 6.07) is 21.6. The van der Waals surface area contributed by atoms with E-state index in [2.05, 4.69) is 17.0 Å². The Kier molecular flexibility index (Phi) is 5.55. The highest BCUT2D eigenvalue weighted by Crippen LogP contribution is 2.36. The zero-order valence-electron chi connectivity index (χ0n) is 18.8. The van der Waals surface area contributed by atoms with Crippen molar-refractivity contribution in [2.75, 3.05) is 6.54 Å². The van der Waals surface area contributed by atoms with E-state index in [0.717, 1.165) is 28.7 Å². The van der Waals surface area contributed by atoms with Gasteiger partial charge in [0.15, 0.2) is 0 Å². The first kappa shape index (κ1) is 21.5. The lowest BCUT2D eigenvalue weighted by atomic mass is 9.96. The summed E-state index contributed by atoms with van der Waals surface area (Å²) in [4.78, 5) is 30.8. The first-order valence-electron chi connectivity index (χ1n) is 11.2. The van der Waals surface area contributed by atoms with E-state index in [1.54, 1.807) is 6.07 Å². The van der Waals surface area contributed by atoms with Gasteiger partial charge in [0, 0.05) is 18.1 Å². The third kappa shape index (κ3) is 3.85. The predicted octanol–water partition coefficient (Wildman–Crippen LogP) is 5.30. The highest BCUT2D eigenvalue weighted by molar-refractivity contribution is 6.36. The lowest BCUT2D eigenvalue weighted by Crippen LogP contribution is -2.37. The third-order valence-corrected chi connectivity index (χ3v) is 7.04. The molecule has 0 aromatic heterocycles. The fraction of sp³-hybridized carbons (Fsp3) is 0.214. The van der Waals surface area contributed by atoms with Gasteiger partial charge in [-0.25, -0.2) is 0 Å². The van der Waals surface area contributed by atoms with E-state index < -0.39 is 0 Å². The van der Waals surface area contributed by atoms with Gasteiger partial charge in [-0.3, -0.25) is 14.5 Å². The molecule has 0 aliphatic carbocycles. The minimum Gasteiger partial charge on any atom is -0.362 e. The van der Waals surface area contributed by atoms with Crippen molar-refractivity contribution in [3.8, 4) is 0 Å². The Labute approximate surface area is 199 Å². The number of benzene rings is 3. The Morgan fingerprint density at radius 3 is 2.33 bits per heavy atom. The molecule has 0 N–H and O–H groups in total. The summed E-state index contributed by atoms with van der Waals surface area (Å²) in [6.07, 6.45) is 0.839. The van der Waals surface area contributed by atoms with Crippen LogP contribution in [0.5, 0.6) is 0 Å². The molecular weight excluding hydrogens is 432 g/mol. The highest BCUT2D eigenvalue weighted by atomic mass is 35.5. The van der Waals surface area contributed by atoms with Crippen molar-refractivity contribution >= 4 is 29.0 Å². The molecule has 2 amide bonds. The smallest absolute Gasteiger partial charge is 0.278 e. The molecule has 3 aromatic rings. The van der Waals surface area contributed by atoms with Crippen LogP contribution in [0, 0.1) is 13.8 Å². The van der Waals surface area contributed by atoms with Crippen molar-refractivity contribution in [1.82, 2.24) is 9.80 Å². The van der Waals surface area contributed by atoms with E-state index in [-0.39, 0.29) is 18.4 Å². The van der Waals surface area contributed by atoms with Crippen molar-refractivity contribution in [3.63, 3.8) is 0 Å². The second kappa shape index (κ2) is 8.53. The highest BCUT2D eigenvalue weighted by Gasteiger charge is 2.42. The molecule has 3 aromatic carbocycles. The number of carbonyl (C=O) groups excluding carboxylic acids is 2. The van der Waals surface area contributed by atoms with Crippen LogP contribution in [0.2, 0.25) is 5.02 Å². The van der Waals surface area contributed by atoms with Crippen molar-refractivity contribution in [1.29, 1.82) is 0 Å². The minimum atomic E-state index is -0.267. The number of halogens is 1. The molecule has 5 rings (SSSR count). The molecule has 0 spiro atoms. The average molecular weight is 457 g/mol. The van der Waals surface area contributed by atoms with E-state index in [9.17, 15) is 9.59 Å². The number of imide groups is 1. The molecule has 0 bridgehead atoms. The van der Waals surface area contributed by atoms with Crippen LogP contribution in [0.4, 0.5) is 0 Å². The van der Waals surface area contributed by atoms with E-state index >= 15 is 0 Å². The lowest BCUT2D eigenvalue weighted by Gasteiger charge is -2.31. The standard InChI is InChI=1S/C28H25ClN2O2/c1-18-11-12-21(15-19(18)2)25-26(30-14-13-20-7-3-4-8-22(20)16-30)28(33)31(27(25)32)17-23-9-5-6-10-24(23)29/h3-12,15H,13-14,16-17H2,1-2H3. The normalized spacial score (nSPS) is 16.0. The van der Waals surface area contributed by atoms with E-state index in [0.29, 0.717) is 29.4 Å². The Morgan fingerprint density at radius 1 is 0.848 bits per heavy atom. The Balaban J connectivity index is 1.58. The maximum atomic E-state index is 13.7. The number of carbonyl (C=O) groups is 2. The molecule has 0 radical (unpaired) electrons. The minimum absolute atomic E-state index is 0.152. The summed E-state index contributed by atoms with van der Waals surface area (Å²) in [5, 5.41) is 0.547. The number of hydrogen-bond donors (Lipinski definition) is 0. The number of amides is 2. The maximum absolute atomic E-state index is 13.7. The topological polar surface area (TPSA) is 40.6 Å². The maximum Gasteiger partial charge on any atom is 0.278 e. The lowest BCUT2D eigenvalue weighted by molar-refractivity contribution is -0.138. The monoisotopic (exact) mass is 456 g/mol. The molecule has 4 nitrogen and oxygen atoms in total. The van der Waals surface area contributed by atoms with Gasteiger partial charge in [0.05, 0.1) is 12.1 Å². The Hall–Kier alpha value is -3.37. The molecular formula is C28H25ClN2O2. The van der Waals surface area contributed by atoms with Gasteiger partial charge in [-0.05, 0) is 59.7 Å². The summed E-state index contributed by atoms with van der Waals surface area (Å²) < 4.78 is 0. The molecule has 0 atom stereocenters. The van der Waals surface area contributed by atoms with Crippen molar-refractivity contribution in [3.05, 3.63) is 111 Å². The Bertz CT molecular complexity index is 1310. The zero-order valence-corrected chi connectivity index (χ0v) is 19.5. The molecule has 2 heterocycles. The molecule has 166 valence electrons. The number of aryl methyl sites for hydroxylation is 2. The molecule has 0 fully saturated rings. The summed E-state index contributed by atoms with van der Waals surface area (Å²) in [7, 11) is 0. The van der Waals surface area contributed by atoms with Gasteiger partial charge in [0.25, 0.3) is 11.8 Å². The predicted molar refractivity (Wildman–Crippen MR) is 130 cm³/mol. The van der Waals surface area contributed by atoms with Crippen molar-refractivity contribution < 1.29 is 9.59 Å². The molecule has 2 aliphatic rings. The largest absolute Gasteiger partial charge is 0.362 e. The fourth-order valence-electron chi connectivity index (χ4n) is 4.64. The fourth-order valence-corrected chi connectivity index (χ4v) is 4.84. The first-order chi connectivity index (χ1) is 15.9. The summed E-state index contributed by atoms with van der Waals surface area (Å²) >= 11 is 6.36. The van der Waals surface area contributed by atoms with Gasteiger partial charge in [0.1, 0.15) is 5.70 Å². The summed E-state index contributed by atoms with van der Waals surface area (Å²) in [5.41, 5.74) is 7.25. The van der Waals surface area contributed by atoms with Gasteiger partial charge >= 0.3 is 0 Å². The first-order valence-corrected chi connectivity index (χ1v) is 11.5.